The summed E-state index contributed by atoms with van der Waals surface area (Å²) in [6, 6.07) is 1.85. The van der Waals surface area contributed by atoms with Crippen LogP contribution in [-0.2, 0) is 6.42 Å². The molecule has 0 fully saturated rings. The molecule has 4 heteroatoms. The summed E-state index contributed by atoms with van der Waals surface area (Å²) in [5.41, 5.74) is 0.949. The van der Waals surface area contributed by atoms with Crippen LogP contribution < -0.4 is 4.74 Å². The average molecular weight is 243 g/mol. The van der Waals surface area contributed by atoms with Crippen LogP contribution in [0.2, 0.25) is 0 Å². The minimum atomic E-state index is 0.124. The van der Waals surface area contributed by atoms with Crippen molar-refractivity contribution >= 4 is 11.6 Å². The van der Waals surface area contributed by atoms with Crippen LogP contribution in [0, 0.1) is 12.8 Å². The van der Waals surface area contributed by atoms with Gasteiger partial charge in [0.2, 0.25) is 5.88 Å². The Bertz CT molecular complexity index is 342. The van der Waals surface area contributed by atoms with Crippen molar-refractivity contribution < 1.29 is 4.74 Å². The number of aryl methyl sites for hydroxylation is 1. The molecule has 1 rings (SSSR count). The highest BCUT2D eigenvalue weighted by Gasteiger charge is 2.11. The molecule has 1 heterocycles. The van der Waals surface area contributed by atoms with E-state index < -0.39 is 0 Å². The normalized spacial score (nSPS) is 12.9. The Labute approximate surface area is 102 Å². The van der Waals surface area contributed by atoms with Crippen molar-refractivity contribution in [3.8, 4) is 5.88 Å². The van der Waals surface area contributed by atoms with Crippen LogP contribution in [0.1, 0.15) is 31.8 Å². The van der Waals surface area contributed by atoms with E-state index in [4.69, 9.17) is 16.3 Å². The summed E-state index contributed by atoms with van der Waals surface area (Å²) in [7, 11) is 1.61. The number of halogens is 1. The van der Waals surface area contributed by atoms with E-state index in [0.717, 1.165) is 24.4 Å². The first kappa shape index (κ1) is 13.2. The lowest BCUT2D eigenvalue weighted by Gasteiger charge is -2.12. The molecule has 0 aliphatic heterocycles. The molecule has 0 spiro atoms. The molecule has 1 aromatic rings. The first-order chi connectivity index (χ1) is 7.51. The van der Waals surface area contributed by atoms with Crippen molar-refractivity contribution in [1.29, 1.82) is 0 Å². The van der Waals surface area contributed by atoms with Gasteiger partial charge in [0.05, 0.1) is 7.11 Å². The second-order valence-electron chi connectivity index (χ2n) is 4.38. The number of alkyl halides is 1. The Balaban J connectivity index is 2.69. The summed E-state index contributed by atoms with van der Waals surface area (Å²) >= 11 is 6.26. The highest BCUT2D eigenvalue weighted by atomic mass is 35.5. The zero-order chi connectivity index (χ0) is 12.1. The molecule has 0 aromatic carbocycles. The number of nitrogens with zero attached hydrogens (tertiary/aromatic N) is 2. The number of hydrogen-bond acceptors (Lipinski definition) is 3. The van der Waals surface area contributed by atoms with Gasteiger partial charge in [-0.15, -0.1) is 11.6 Å². The summed E-state index contributed by atoms with van der Waals surface area (Å²) in [5, 5.41) is 0.124. The van der Waals surface area contributed by atoms with Gasteiger partial charge < -0.3 is 4.74 Å². The Hall–Kier alpha value is -0.830. The van der Waals surface area contributed by atoms with E-state index in [1.54, 1.807) is 7.11 Å². The fraction of sp³-hybridized carbons (Fsp3) is 0.667. The molecule has 0 saturated carbocycles. The molecule has 0 saturated heterocycles. The van der Waals surface area contributed by atoms with E-state index in [-0.39, 0.29) is 5.38 Å². The van der Waals surface area contributed by atoms with Crippen LogP contribution in [0.4, 0.5) is 0 Å². The maximum atomic E-state index is 6.26. The van der Waals surface area contributed by atoms with Gasteiger partial charge in [0, 0.05) is 23.6 Å². The molecule has 1 unspecified atom stereocenters. The molecular weight excluding hydrogens is 224 g/mol. The van der Waals surface area contributed by atoms with Gasteiger partial charge in [-0.2, -0.15) is 4.98 Å². The van der Waals surface area contributed by atoms with Crippen LogP contribution in [0.15, 0.2) is 6.07 Å². The zero-order valence-corrected chi connectivity index (χ0v) is 11.1. The topological polar surface area (TPSA) is 35.0 Å². The predicted octanol–water partition coefficient (Wildman–Crippen LogP) is 2.99. The van der Waals surface area contributed by atoms with Gasteiger partial charge >= 0.3 is 0 Å². The van der Waals surface area contributed by atoms with Crippen molar-refractivity contribution in [2.24, 2.45) is 5.92 Å². The van der Waals surface area contributed by atoms with E-state index in [0.29, 0.717) is 11.8 Å². The molecule has 3 nitrogen and oxygen atoms in total. The monoisotopic (exact) mass is 242 g/mol. The molecule has 1 aromatic heterocycles. The van der Waals surface area contributed by atoms with Crippen molar-refractivity contribution in [3.05, 3.63) is 17.6 Å². The lowest BCUT2D eigenvalue weighted by atomic mass is 10.0. The Kier molecular flexibility index (Phi) is 5.00. The molecule has 90 valence electrons. The minimum Gasteiger partial charge on any atom is -0.481 e. The minimum absolute atomic E-state index is 0.124. The van der Waals surface area contributed by atoms with E-state index in [2.05, 4.69) is 23.8 Å². The third kappa shape index (κ3) is 4.35. The second-order valence-corrected chi connectivity index (χ2v) is 5.00. The predicted molar refractivity (Wildman–Crippen MR) is 66.1 cm³/mol. The third-order valence-electron chi connectivity index (χ3n) is 2.23. The van der Waals surface area contributed by atoms with Gasteiger partial charge in [0.1, 0.15) is 5.82 Å². The number of rotatable bonds is 5. The molecule has 16 heavy (non-hydrogen) atoms. The first-order valence-corrected chi connectivity index (χ1v) is 5.97. The Morgan fingerprint density at radius 2 is 2.06 bits per heavy atom. The quantitative estimate of drug-likeness (QED) is 0.745. The lowest BCUT2D eigenvalue weighted by Crippen LogP contribution is -2.09. The van der Waals surface area contributed by atoms with Gasteiger partial charge in [0.15, 0.2) is 0 Å². The van der Waals surface area contributed by atoms with Crippen LogP contribution in [-0.4, -0.2) is 22.5 Å². The maximum absolute atomic E-state index is 6.26. The summed E-state index contributed by atoms with van der Waals surface area (Å²) in [5.74, 6) is 1.94. The standard InChI is InChI=1S/C12H19ClN2O/c1-8(2)5-10(13)6-11-7-12(16-4)15-9(3)14-11/h7-8,10H,5-6H2,1-4H3. The second kappa shape index (κ2) is 6.04. The third-order valence-corrected chi connectivity index (χ3v) is 2.57. The Morgan fingerprint density at radius 1 is 1.38 bits per heavy atom. The molecular formula is C12H19ClN2O. The fourth-order valence-corrected chi connectivity index (χ4v) is 2.14. The molecule has 0 bridgehead atoms. The largest absolute Gasteiger partial charge is 0.481 e. The molecule has 1 atom stereocenters. The zero-order valence-electron chi connectivity index (χ0n) is 10.3. The van der Waals surface area contributed by atoms with Crippen molar-refractivity contribution in [1.82, 2.24) is 9.97 Å². The number of ether oxygens (including phenoxy) is 1. The van der Waals surface area contributed by atoms with Crippen molar-refractivity contribution in [2.45, 2.75) is 39.0 Å². The van der Waals surface area contributed by atoms with Gasteiger partial charge in [0.25, 0.3) is 0 Å². The van der Waals surface area contributed by atoms with Crippen LogP contribution in [0.5, 0.6) is 5.88 Å². The van der Waals surface area contributed by atoms with Gasteiger partial charge in [-0.25, -0.2) is 4.98 Å². The van der Waals surface area contributed by atoms with Gasteiger partial charge in [-0.3, -0.25) is 0 Å². The van der Waals surface area contributed by atoms with Gasteiger partial charge in [-0.05, 0) is 19.3 Å². The Morgan fingerprint density at radius 3 is 2.62 bits per heavy atom. The first-order valence-electron chi connectivity index (χ1n) is 5.54. The van der Waals surface area contributed by atoms with E-state index >= 15 is 0 Å². The number of hydrogen-bond donors (Lipinski definition) is 0. The highest BCUT2D eigenvalue weighted by molar-refractivity contribution is 6.20. The van der Waals surface area contributed by atoms with Crippen molar-refractivity contribution in [3.63, 3.8) is 0 Å². The molecule has 0 N–H and O–H groups in total. The molecule has 0 aliphatic carbocycles. The summed E-state index contributed by atoms with van der Waals surface area (Å²) in [6.07, 6.45) is 1.76. The number of aromatic nitrogens is 2. The smallest absolute Gasteiger partial charge is 0.216 e. The van der Waals surface area contributed by atoms with E-state index in [1.165, 1.54) is 0 Å². The number of methoxy groups -OCH3 is 1. The average Bonchev–Trinajstić information content (AvgIpc) is 2.14. The van der Waals surface area contributed by atoms with Crippen LogP contribution in [0.3, 0.4) is 0 Å². The summed E-state index contributed by atoms with van der Waals surface area (Å²) < 4.78 is 5.10. The summed E-state index contributed by atoms with van der Waals surface area (Å²) in [6.45, 7) is 6.19. The summed E-state index contributed by atoms with van der Waals surface area (Å²) in [4.78, 5) is 8.50. The highest BCUT2D eigenvalue weighted by Crippen LogP contribution is 2.17. The van der Waals surface area contributed by atoms with E-state index in [9.17, 15) is 0 Å². The van der Waals surface area contributed by atoms with Gasteiger partial charge in [-0.1, -0.05) is 13.8 Å². The lowest BCUT2D eigenvalue weighted by molar-refractivity contribution is 0.394. The SMILES string of the molecule is COc1cc(CC(Cl)CC(C)C)nc(C)n1. The van der Waals surface area contributed by atoms with Crippen LogP contribution >= 0.6 is 11.6 Å². The maximum Gasteiger partial charge on any atom is 0.216 e. The molecule has 0 amide bonds. The fourth-order valence-electron chi connectivity index (χ4n) is 1.63. The van der Waals surface area contributed by atoms with E-state index in [1.807, 2.05) is 13.0 Å². The van der Waals surface area contributed by atoms with Crippen LogP contribution in [0.25, 0.3) is 0 Å². The van der Waals surface area contributed by atoms with Crippen molar-refractivity contribution in [2.75, 3.05) is 7.11 Å². The molecule has 0 aliphatic rings. The molecule has 0 radical (unpaired) electrons.